The number of pyridine rings is 1. The maximum absolute atomic E-state index is 13.5. The van der Waals surface area contributed by atoms with Crippen molar-refractivity contribution in [3.8, 4) is 0 Å². The largest absolute Gasteiger partial charge is 0.444 e. The second-order valence-corrected chi connectivity index (χ2v) is 5.62. The van der Waals surface area contributed by atoms with E-state index in [0.29, 0.717) is 16.7 Å². The molecule has 0 spiro atoms. The van der Waals surface area contributed by atoms with Crippen LogP contribution in [0.5, 0.6) is 0 Å². The molecule has 1 aromatic rings. The van der Waals surface area contributed by atoms with Gasteiger partial charge in [-0.15, -0.1) is 0 Å². The van der Waals surface area contributed by atoms with Crippen LogP contribution in [0.25, 0.3) is 0 Å². The molecule has 0 saturated carbocycles. The Morgan fingerprint density at radius 1 is 1.56 bits per heavy atom. The lowest BCUT2D eigenvalue weighted by atomic mass is 10.2. The Labute approximate surface area is 114 Å². The summed E-state index contributed by atoms with van der Waals surface area (Å²) in [6.07, 6.45) is -0.655. The minimum Gasteiger partial charge on any atom is -0.444 e. The fourth-order valence-electron chi connectivity index (χ4n) is 1.15. The van der Waals surface area contributed by atoms with Crippen molar-refractivity contribution in [2.24, 2.45) is 0 Å². The van der Waals surface area contributed by atoms with Crippen LogP contribution in [0.2, 0.25) is 0 Å². The minimum atomic E-state index is -0.655. The molecule has 7 heteroatoms. The van der Waals surface area contributed by atoms with Gasteiger partial charge in [-0.25, -0.2) is 14.2 Å². The highest BCUT2D eigenvalue weighted by molar-refractivity contribution is 8.21. The van der Waals surface area contributed by atoms with Gasteiger partial charge in [-0.05, 0) is 38.4 Å². The zero-order valence-electron chi connectivity index (χ0n) is 10.5. The van der Waals surface area contributed by atoms with Crippen molar-refractivity contribution in [3.63, 3.8) is 0 Å². The highest BCUT2D eigenvalue weighted by atomic mass is 35.7. The van der Waals surface area contributed by atoms with Crippen LogP contribution in [0.1, 0.15) is 26.5 Å². The van der Waals surface area contributed by atoms with Crippen LogP contribution >= 0.6 is 21.7 Å². The van der Waals surface area contributed by atoms with Gasteiger partial charge in [0.2, 0.25) is 0 Å². The molecular weight excluding hydrogens is 279 g/mol. The summed E-state index contributed by atoms with van der Waals surface area (Å²) in [6, 6.07) is 1.16. The molecule has 0 radical (unpaired) electrons. The monoisotopic (exact) mass is 292 g/mol. The lowest BCUT2D eigenvalue weighted by Crippen LogP contribution is -2.27. The fraction of sp³-hybridized carbons (Fsp3) is 0.455. The number of ether oxygens (including phenoxy) is 1. The zero-order valence-corrected chi connectivity index (χ0v) is 12.1. The highest BCUT2D eigenvalue weighted by Crippen LogP contribution is 2.26. The average Bonchev–Trinajstić information content (AvgIpc) is 2.20. The fourth-order valence-corrected chi connectivity index (χ4v) is 1.78. The van der Waals surface area contributed by atoms with Gasteiger partial charge in [-0.1, -0.05) is 0 Å². The molecule has 1 amide bonds. The first kappa shape index (κ1) is 15.0. The molecule has 18 heavy (non-hydrogen) atoms. The van der Waals surface area contributed by atoms with Crippen LogP contribution in [0, 0.1) is 12.7 Å². The molecule has 1 N–H and O–H groups in total. The molecule has 0 fully saturated rings. The summed E-state index contributed by atoms with van der Waals surface area (Å²) in [7, 11) is 6.14. The number of nitrogens with zero attached hydrogens (tertiary/aromatic N) is 1. The Hall–Kier alpha value is -1.01. The third-order valence-corrected chi connectivity index (χ3v) is 2.71. The second-order valence-electron chi connectivity index (χ2n) is 4.61. The van der Waals surface area contributed by atoms with Gasteiger partial charge in [0, 0.05) is 17.0 Å². The van der Waals surface area contributed by atoms with Crippen LogP contribution in [-0.4, -0.2) is 16.7 Å². The first-order valence-corrected chi connectivity index (χ1v) is 6.83. The van der Waals surface area contributed by atoms with Crippen molar-refractivity contribution >= 4 is 33.4 Å². The lowest BCUT2D eigenvalue weighted by Gasteiger charge is -2.20. The number of anilines is 1. The second kappa shape index (κ2) is 5.75. The van der Waals surface area contributed by atoms with Crippen LogP contribution in [0.4, 0.5) is 14.9 Å². The predicted molar refractivity (Wildman–Crippen MR) is 70.5 cm³/mol. The first-order chi connectivity index (χ1) is 8.23. The third kappa shape index (κ3) is 4.34. The van der Waals surface area contributed by atoms with Crippen LogP contribution < -0.4 is 5.32 Å². The summed E-state index contributed by atoms with van der Waals surface area (Å²) in [6.45, 7) is 6.87. The molecule has 0 saturated heterocycles. The van der Waals surface area contributed by atoms with Crippen molar-refractivity contribution in [1.82, 2.24) is 4.98 Å². The molecule has 0 aliphatic heterocycles. The third-order valence-electron chi connectivity index (χ3n) is 1.84. The van der Waals surface area contributed by atoms with E-state index in [0.717, 1.165) is 6.07 Å². The van der Waals surface area contributed by atoms with Gasteiger partial charge in [-0.3, -0.25) is 5.32 Å². The van der Waals surface area contributed by atoms with Crippen molar-refractivity contribution in [2.45, 2.75) is 38.3 Å². The summed E-state index contributed by atoms with van der Waals surface area (Å²) in [5.41, 5.74) is 0.109. The molecule has 4 nitrogen and oxygen atoms in total. The van der Waals surface area contributed by atoms with Crippen LogP contribution in [-0.2, 0) is 4.74 Å². The van der Waals surface area contributed by atoms with E-state index in [-0.39, 0.29) is 10.7 Å². The van der Waals surface area contributed by atoms with Gasteiger partial charge in [0.05, 0.1) is 11.4 Å². The molecule has 0 bridgehead atoms. The van der Waals surface area contributed by atoms with E-state index in [2.05, 4.69) is 10.3 Å². The number of amides is 1. The lowest BCUT2D eigenvalue weighted by molar-refractivity contribution is 0.0635. The van der Waals surface area contributed by atoms with Gasteiger partial charge < -0.3 is 4.74 Å². The molecule has 100 valence electrons. The number of nitrogens with one attached hydrogen (secondary N) is 1. The summed E-state index contributed by atoms with van der Waals surface area (Å²) in [5.74, 6) is -0.591. The SMILES string of the molecule is Cc1nc(SCl)c(F)cc1NC(=O)OC(C)(C)C. The van der Waals surface area contributed by atoms with Crippen molar-refractivity contribution < 1.29 is 13.9 Å². The Morgan fingerprint density at radius 2 is 2.17 bits per heavy atom. The van der Waals surface area contributed by atoms with Crippen LogP contribution in [0.3, 0.4) is 0 Å². The highest BCUT2D eigenvalue weighted by Gasteiger charge is 2.18. The maximum Gasteiger partial charge on any atom is 0.412 e. The predicted octanol–water partition coefficient (Wildman–Crippen LogP) is 4.12. The number of rotatable bonds is 2. The molecule has 1 rings (SSSR count). The Kier molecular flexibility index (Phi) is 4.81. The summed E-state index contributed by atoms with van der Waals surface area (Å²) >= 11 is 0. The van der Waals surface area contributed by atoms with Gasteiger partial charge in [0.1, 0.15) is 10.6 Å². The number of halogens is 2. The number of aromatic nitrogens is 1. The van der Waals surface area contributed by atoms with E-state index >= 15 is 0 Å². The quantitative estimate of drug-likeness (QED) is 0.891. The molecule has 0 aromatic carbocycles. The zero-order chi connectivity index (χ0) is 13.9. The van der Waals surface area contributed by atoms with Gasteiger partial charge in [-0.2, -0.15) is 0 Å². The van der Waals surface area contributed by atoms with Crippen LogP contribution in [0.15, 0.2) is 11.1 Å². The molecule has 0 aliphatic carbocycles. The number of hydrogen-bond acceptors (Lipinski definition) is 4. The number of carbonyl (C=O) groups excluding carboxylic acids is 1. The Morgan fingerprint density at radius 3 is 2.67 bits per heavy atom. The van der Waals surface area contributed by atoms with E-state index in [9.17, 15) is 9.18 Å². The van der Waals surface area contributed by atoms with Gasteiger partial charge in [0.15, 0.2) is 5.82 Å². The molecule has 1 aromatic heterocycles. The first-order valence-electron chi connectivity index (χ1n) is 5.18. The standard InChI is InChI=1S/C11H14ClFN2O2S/c1-6-8(5-7(13)9(14-6)18-12)15-10(16)17-11(2,3)4/h5H,1-4H3,(H,15,16). The molecule has 0 aliphatic rings. The van der Waals surface area contributed by atoms with E-state index in [4.69, 9.17) is 15.4 Å². The number of aryl methyl sites for hydroxylation is 1. The maximum atomic E-state index is 13.5. The van der Waals surface area contributed by atoms with Crippen molar-refractivity contribution in [1.29, 1.82) is 0 Å². The minimum absolute atomic E-state index is 0.0731. The smallest absolute Gasteiger partial charge is 0.412 e. The van der Waals surface area contributed by atoms with Gasteiger partial charge in [0.25, 0.3) is 0 Å². The Bertz CT molecular complexity index is 463. The summed E-state index contributed by atoms with van der Waals surface area (Å²) in [4.78, 5) is 15.5. The van der Waals surface area contributed by atoms with E-state index in [1.165, 1.54) is 0 Å². The van der Waals surface area contributed by atoms with Gasteiger partial charge >= 0.3 is 6.09 Å². The van der Waals surface area contributed by atoms with Crippen molar-refractivity contribution in [2.75, 3.05) is 5.32 Å². The van der Waals surface area contributed by atoms with E-state index < -0.39 is 17.5 Å². The molecular formula is C11H14ClFN2O2S. The molecule has 1 heterocycles. The van der Waals surface area contributed by atoms with E-state index in [1.54, 1.807) is 27.7 Å². The van der Waals surface area contributed by atoms with E-state index in [1.807, 2.05) is 0 Å². The summed E-state index contributed by atoms with van der Waals surface area (Å²) in [5, 5.41) is 2.52. The molecule has 0 unspecified atom stereocenters. The average molecular weight is 293 g/mol. The summed E-state index contributed by atoms with van der Waals surface area (Å²) < 4.78 is 18.5. The normalized spacial score (nSPS) is 11.2. The molecule has 0 atom stereocenters. The number of carbonyl (C=O) groups is 1. The number of hydrogen-bond donors (Lipinski definition) is 1. The van der Waals surface area contributed by atoms with Crippen molar-refractivity contribution in [3.05, 3.63) is 17.6 Å². The Balaban J connectivity index is 2.86. The topological polar surface area (TPSA) is 51.2 Å².